The number of rotatable bonds is 6. The van der Waals surface area contributed by atoms with Crippen LogP contribution in [0.2, 0.25) is 0 Å². The van der Waals surface area contributed by atoms with E-state index in [1.807, 2.05) is 26.8 Å². The van der Waals surface area contributed by atoms with Gasteiger partial charge in [0.25, 0.3) is 5.91 Å². The minimum Gasteiger partial charge on any atom is -0.350 e. The molecule has 3 rings (SSSR count). The van der Waals surface area contributed by atoms with Gasteiger partial charge in [-0.25, -0.2) is 23.1 Å². The van der Waals surface area contributed by atoms with E-state index in [0.717, 1.165) is 32.9 Å². The second-order valence-corrected chi connectivity index (χ2v) is 11.8. The Hall–Kier alpha value is -2.36. The summed E-state index contributed by atoms with van der Waals surface area (Å²) >= 11 is 1.34. The molecule has 0 fully saturated rings. The van der Waals surface area contributed by atoms with E-state index in [2.05, 4.69) is 40.8 Å². The minimum atomic E-state index is -3.65. The number of sulfonamides is 1. The largest absolute Gasteiger partial charge is 0.350 e. The molecule has 0 spiro atoms. The molecule has 0 unspecified atom stereocenters. The van der Waals surface area contributed by atoms with Crippen molar-refractivity contribution in [2.45, 2.75) is 58.8 Å². The van der Waals surface area contributed by atoms with Crippen LogP contribution in [0.15, 0.2) is 23.1 Å². The van der Waals surface area contributed by atoms with Crippen LogP contribution in [0.5, 0.6) is 0 Å². The predicted molar refractivity (Wildman–Crippen MR) is 129 cm³/mol. The third-order valence-corrected chi connectivity index (χ3v) is 7.97. The maximum atomic E-state index is 12.8. The van der Waals surface area contributed by atoms with Crippen molar-refractivity contribution in [1.82, 2.24) is 20.0 Å². The summed E-state index contributed by atoms with van der Waals surface area (Å²) in [7, 11) is -3.65. The van der Waals surface area contributed by atoms with Gasteiger partial charge in [0.15, 0.2) is 0 Å². The first-order valence-corrected chi connectivity index (χ1v) is 12.7. The van der Waals surface area contributed by atoms with E-state index < -0.39 is 10.0 Å². The van der Waals surface area contributed by atoms with Gasteiger partial charge in [-0.3, -0.25) is 4.79 Å². The van der Waals surface area contributed by atoms with E-state index in [9.17, 15) is 13.2 Å². The molecular weight excluding hydrogens is 444 g/mol. The molecule has 2 heterocycles. The fourth-order valence-electron chi connectivity index (χ4n) is 3.41. The fraction of sp³-hybridized carbons (Fsp3) is 0.435. The van der Waals surface area contributed by atoms with E-state index in [-0.39, 0.29) is 29.3 Å². The molecule has 1 amide bonds. The minimum absolute atomic E-state index is 0.0956. The summed E-state index contributed by atoms with van der Waals surface area (Å²) in [6.45, 7) is 13.9. The van der Waals surface area contributed by atoms with Gasteiger partial charge in [-0.05, 0) is 50.5 Å². The number of hydrogen-bond donors (Lipinski definition) is 2. The van der Waals surface area contributed by atoms with Gasteiger partial charge in [0.05, 0.1) is 15.5 Å². The van der Waals surface area contributed by atoms with Crippen LogP contribution in [-0.4, -0.2) is 37.4 Å². The lowest BCUT2D eigenvalue weighted by Crippen LogP contribution is -2.34. The molecule has 2 N–H and O–H groups in total. The number of nitrogens with zero attached hydrogens (tertiary/aromatic N) is 2. The molecular formula is C23H30N4O3S2. The average Bonchev–Trinajstić information content (AvgIpc) is 3.03. The van der Waals surface area contributed by atoms with Crippen molar-refractivity contribution in [3.63, 3.8) is 0 Å². The Balaban J connectivity index is 1.71. The van der Waals surface area contributed by atoms with Gasteiger partial charge in [-0.2, -0.15) is 0 Å². The summed E-state index contributed by atoms with van der Waals surface area (Å²) in [6.07, 6.45) is 0. The van der Waals surface area contributed by atoms with Gasteiger partial charge < -0.3 is 5.32 Å². The number of aromatic nitrogens is 2. The Morgan fingerprint density at radius 3 is 2.41 bits per heavy atom. The summed E-state index contributed by atoms with van der Waals surface area (Å²) < 4.78 is 27.8. The van der Waals surface area contributed by atoms with E-state index in [1.54, 1.807) is 19.1 Å². The zero-order valence-electron chi connectivity index (χ0n) is 19.6. The Labute approximate surface area is 193 Å². The lowest BCUT2D eigenvalue weighted by molar-refractivity contribution is 0.0958. The maximum Gasteiger partial charge on any atom is 0.261 e. The number of carbonyl (C=O) groups excluding carboxylic acids is 1. The monoisotopic (exact) mass is 474 g/mol. The van der Waals surface area contributed by atoms with Gasteiger partial charge in [0.2, 0.25) is 10.0 Å². The van der Waals surface area contributed by atoms with Crippen LogP contribution in [0.25, 0.3) is 10.2 Å². The van der Waals surface area contributed by atoms with Crippen molar-refractivity contribution in [2.24, 2.45) is 0 Å². The molecule has 0 saturated carbocycles. The maximum absolute atomic E-state index is 12.8. The second-order valence-electron chi connectivity index (χ2n) is 9.04. The molecule has 0 radical (unpaired) electrons. The molecule has 1 aromatic carbocycles. The number of fused-ring (bicyclic) bond motifs is 1. The topological polar surface area (TPSA) is 101 Å². The molecule has 0 aliphatic carbocycles. The van der Waals surface area contributed by atoms with E-state index in [0.29, 0.717) is 10.4 Å². The average molecular weight is 475 g/mol. The summed E-state index contributed by atoms with van der Waals surface area (Å²) in [6, 6.07) is 5.30. The van der Waals surface area contributed by atoms with Gasteiger partial charge in [-0.1, -0.05) is 32.9 Å². The standard InChI is InChI=1S/C23H30N4O3S2/c1-13-8-9-14(2)17(12-13)32(29,30)25-11-10-24-20(28)19-15(3)18-16(4)26-22(23(5,6)7)27-21(18)31-19/h8-9,12,25H,10-11H2,1-7H3,(H,24,28). The van der Waals surface area contributed by atoms with Crippen molar-refractivity contribution >= 4 is 37.5 Å². The molecule has 3 aromatic rings. The van der Waals surface area contributed by atoms with Gasteiger partial charge >= 0.3 is 0 Å². The van der Waals surface area contributed by atoms with Gasteiger partial charge in [0.1, 0.15) is 10.7 Å². The number of nitrogens with one attached hydrogen (secondary N) is 2. The Bertz CT molecular complexity index is 1290. The number of benzene rings is 1. The normalized spacial score (nSPS) is 12.3. The summed E-state index contributed by atoms with van der Waals surface area (Å²) in [5.74, 6) is 0.504. The second kappa shape index (κ2) is 8.88. The number of thiophene rings is 1. The van der Waals surface area contributed by atoms with E-state index >= 15 is 0 Å². The molecule has 32 heavy (non-hydrogen) atoms. The zero-order valence-corrected chi connectivity index (χ0v) is 21.2. The van der Waals surface area contributed by atoms with Crippen LogP contribution >= 0.6 is 11.3 Å². The summed E-state index contributed by atoms with van der Waals surface area (Å²) in [5, 5.41) is 3.72. The van der Waals surface area contributed by atoms with Crippen LogP contribution in [-0.2, 0) is 15.4 Å². The molecule has 172 valence electrons. The highest BCUT2D eigenvalue weighted by Gasteiger charge is 2.23. The van der Waals surface area contributed by atoms with Crippen LogP contribution in [0.4, 0.5) is 0 Å². The highest BCUT2D eigenvalue weighted by atomic mass is 32.2. The first-order chi connectivity index (χ1) is 14.8. The highest BCUT2D eigenvalue weighted by Crippen LogP contribution is 2.33. The lowest BCUT2D eigenvalue weighted by atomic mass is 9.95. The lowest BCUT2D eigenvalue weighted by Gasteiger charge is -2.16. The first-order valence-electron chi connectivity index (χ1n) is 10.4. The van der Waals surface area contributed by atoms with Crippen LogP contribution in [0, 0.1) is 27.7 Å². The molecule has 0 aliphatic heterocycles. The van der Waals surface area contributed by atoms with Crippen LogP contribution in [0.3, 0.4) is 0 Å². The zero-order chi connectivity index (χ0) is 23.8. The smallest absolute Gasteiger partial charge is 0.261 e. The molecule has 0 atom stereocenters. The van der Waals surface area contributed by atoms with Crippen molar-refractivity contribution in [3.8, 4) is 0 Å². The van der Waals surface area contributed by atoms with Crippen LogP contribution < -0.4 is 10.0 Å². The fourth-order valence-corrected chi connectivity index (χ4v) is 5.91. The SMILES string of the molecule is Cc1ccc(C)c(S(=O)(=O)NCCNC(=O)c2sc3nc(C(C)(C)C)nc(C)c3c2C)c1. The predicted octanol–water partition coefficient (Wildman–Crippen LogP) is 3.93. The molecule has 0 saturated heterocycles. The van der Waals surface area contributed by atoms with Crippen molar-refractivity contribution in [1.29, 1.82) is 0 Å². The molecule has 0 bridgehead atoms. The quantitative estimate of drug-likeness (QED) is 0.527. The number of hydrogen-bond acceptors (Lipinski definition) is 6. The number of amides is 1. The van der Waals surface area contributed by atoms with Gasteiger partial charge in [0, 0.05) is 23.9 Å². The Morgan fingerprint density at radius 1 is 1.06 bits per heavy atom. The van der Waals surface area contributed by atoms with E-state index in [1.165, 1.54) is 11.3 Å². The first kappa shape index (κ1) is 24.3. The summed E-state index contributed by atoms with van der Waals surface area (Å²) in [5.41, 5.74) is 3.06. The molecule has 0 aliphatic rings. The number of aryl methyl sites for hydroxylation is 4. The highest BCUT2D eigenvalue weighted by molar-refractivity contribution is 7.89. The van der Waals surface area contributed by atoms with Crippen molar-refractivity contribution < 1.29 is 13.2 Å². The molecule has 9 heteroatoms. The Morgan fingerprint density at radius 2 is 1.75 bits per heavy atom. The molecule has 7 nitrogen and oxygen atoms in total. The molecule has 2 aromatic heterocycles. The third kappa shape index (κ3) is 5.00. The van der Waals surface area contributed by atoms with Gasteiger partial charge in [-0.15, -0.1) is 11.3 Å². The van der Waals surface area contributed by atoms with Crippen molar-refractivity contribution in [3.05, 3.63) is 51.3 Å². The summed E-state index contributed by atoms with van der Waals surface area (Å²) in [4.78, 5) is 23.7. The third-order valence-electron chi connectivity index (χ3n) is 5.18. The van der Waals surface area contributed by atoms with Crippen molar-refractivity contribution in [2.75, 3.05) is 13.1 Å². The van der Waals surface area contributed by atoms with E-state index in [4.69, 9.17) is 0 Å². The van der Waals surface area contributed by atoms with Crippen LogP contribution in [0.1, 0.15) is 58.7 Å². The Kier molecular flexibility index (Phi) is 6.74. The number of carbonyl (C=O) groups is 1.